The Kier molecular flexibility index (Phi) is 9.04. The van der Waals surface area contributed by atoms with Crippen LogP contribution in [-0.4, -0.2) is 43.6 Å². The maximum atomic E-state index is 6.22. The van der Waals surface area contributed by atoms with E-state index in [9.17, 15) is 0 Å². The highest BCUT2D eigenvalue weighted by Gasteiger charge is 2.27. The molecular weight excluding hydrogens is 490 g/mol. The highest BCUT2D eigenvalue weighted by molar-refractivity contribution is 5.69. The van der Waals surface area contributed by atoms with Gasteiger partial charge in [0.15, 0.2) is 6.29 Å². The molecular formula is C32H35N3O4. The number of hydrogen-bond acceptors (Lipinski definition) is 7. The van der Waals surface area contributed by atoms with E-state index in [0.29, 0.717) is 30.9 Å². The van der Waals surface area contributed by atoms with Gasteiger partial charge in [-0.3, -0.25) is 0 Å². The predicted molar refractivity (Wildman–Crippen MR) is 152 cm³/mol. The Labute approximate surface area is 230 Å². The van der Waals surface area contributed by atoms with Gasteiger partial charge >= 0.3 is 0 Å². The predicted octanol–water partition coefficient (Wildman–Crippen LogP) is 6.14. The molecule has 7 heteroatoms. The molecule has 0 atom stereocenters. The van der Waals surface area contributed by atoms with Crippen LogP contribution in [0.25, 0.3) is 11.1 Å². The Morgan fingerprint density at radius 2 is 1.41 bits per heavy atom. The van der Waals surface area contributed by atoms with Crippen LogP contribution in [0.5, 0.6) is 11.8 Å². The number of nitrogens with zero attached hydrogens (tertiary/aromatic N) is 3. The molecule has 202 valence electrons. The summed E-state index contributed by atoms with van der Waals surface area (Å²) in [5.74, 6) is 2.40. The maximum absolute atomic E-state index is 6.22. The van der Waals surface area contributed by atoms with Gasteiger partial charge in [0.05, 0.1) is 0 Å². The summed E-state index contributed by atoms with van der Waals surface area (Å²) in [5.41, 5.74) is 3.97. The molecule has 1 aliphatic heterocycles. The van der Waals surface area contributed by atoms with Gasteiger partial charge in [0.1, 0.15) is 19.0 Å². The van der Waals surface area contributed by atoms with Crippen molar-refractivity contribution in [2.45, 2.75) is 32.3 Å². The van der Waals surface area contributed by atoms with Crippen molar-refractivity contribution < 1.29 is 18.9 Å². The van der Waals surface area contributed by atoms with E-state index in [1.54, 1.807) is 14.2 Å². The van der Waals surface area contributed by atoms with Gasteiger partial charge in [0.25, 0.3) is 0 Å². The first-order valence-corrected chi connectivity index (χ1v) is 13.3. The SMILES string of the molecule is COC(OC)C1CCN(c2ccc(-c3ccc(OCc4ccccc4)nc3OCc3ccccc3)cn2)CC1. The van der Waals surface area contributed by atoms with E-state index < -0.39 is 0 Å². The summed E-state index contributed by atoms with van der Waals surface area (Å²) < 4.78 is 23.1. The molecule has 0 saturated carbocycles. The molecule has 3 heterocycles. The van der Waals surface area contributed by atoms with Gasteiger partial charge in [-0.15, -0.1) is 0 Å². The van der Waals surface area contributed by atoms with Crippen molar-refractivity contribution in [2.75, 3.05) is 32.2 Å². The number of methoxy groups -OCH3 is 2. The smallest absolute Gasteiger partial charge is 0.225 e. The summed E-state index contributed by atoms with van der Waals surface area (Å²) in [7, 11) is 3.41. The van der Waals surface area contributed by atoms with Gasteiger partial charge in [0, 0.05) is 56.6 Å². The van der Waals surface area contributed by atoms with Crippen molar-refractivity contribution in [2.24, 2.45) is 5.92 Å². The highest BCUT2D eigenvalue weighted by atomic mass is 16.7. The fourth-order valence-corrected chi connectivity index (χ4v) is 4.91. The van der Waals surface area contributed by atoms with Crippen LogP contribution in [0.15, 0.2) is 91.1 Å². The van der Waals surface area contributed by atoms with E-state index in [-0.39, 0.29) is 6.29 Å². The van der Waals surface area contributed by atoms with Crippen molar-refractivity contribution in [3.63, 3.8) is 0 Å². The third kappa shape index (κ3) is 6.93. The Balaban J connectivity index is 1.31. The molecule has 0 aliphatic carbocycles. The Morgan fingerprint density at radius 3 is 2.00 bits per heavy atom. The largest absolute Gasteiger partial charge is 0.473 e. The fraction of sp³-hybridized carbons (Fsp3) is 0.312. The third-order valence-electron chi connectivity index (χ3n) is 7.05. The van der Waals surface area contributed by atoms with Crippen LogP contribution in [0.1, 0.15) is 24.0 Å². The molecule has 39 heavy (non-hydrogen) atoms. The number of piperidine rings is 1. The van der Waals surface area contributed by atoms with E-state index in [1.807, 2.05) is 79.0 Å². The molecule has 5 rings (SSSR count). The lowest BCUT2D eigenvalue weighted by atomic mass is 9.96. The zero-order valence-corrected chi connectivity index (χ0v) is 22.5. The first kappa shape index (κ1) is 26.7. The zero-order valence-electron chi connectivity index (χ0n) is 22.5. The minimum Gasteiger partial charge on any atom is -0.473 e. The van der Waals surface area contributed by atoms with Crippen molar-refractivity contribution in [3.8, 4) is 22.9 Å². The molecule has 0 radical (unpaired) electrons. The van der Waals surface area contributed by atoms with Crippen molar-refractivity contribution >= 4 is 5.82 Å². The molecule has 0 spiro atoms. The lowest BCUT2D eigenvalue weighted by molar-refractivity contribution is -0.141. The normalized spacial score (nSPS) is 14.0. The van der Waals surface area contributed by atoms with Crippen LogP contribution in [0.2, 0.25) is 0 Å². The van der Waals surface area contributed by atoms with Crippen molar-refractivity contribution in [1.82, 2.24) is 9.97 Å². The van der Waals surface area contributed by atoms with Crippen LogP contribution in [-0.2, 0) is 22.7 Å². The number of rotatable bonds is 11. The van der Waals surface area contributed by atoms with Crippen LogP contribution < -0.4 is 14.4 Å². The van der Waals surface area contributed by atoms with E-state index in [1.165, 1.54) is 0 Å². The first-order valence-electron chi connectivity index (χ1n) is 13.3. The van der Waals surface area contributed by atoms with Gasteiger partial charge in [0.2, 0.25) is 11.8 Å². The average Bonchev–Trinajstić information content (AvgIpc) is 3.01. The molecule has 1 aliphatic rings. The molecule has 0 bridgehead atoms. The second-order valence-corrected chi connectivity index (χ2v) is 9.62. The molecule has 2 aromatic heterocycles. The average molecular weight is 526 g/mol. The van der Waals surface area contributed by atoms with E-state index >= 15 is 0 Å². The number of benzene rings is 2. The number of anilines is 1. The lowest BCUT2D eigenvalue weighted by Crippen LogP contribution is -2.39. The second-order valence-electron chi connectivity index (χ2n) is 9.62. The number of hydrogen-bond donors (Lipinski definition) is 0. The fourth-order valence-electron chi connectivity index (χ4n) is 4.91. The zero-order chi connectivity index (χ0) is 26.9. The summed E-state index contributed by atoms with van der Waals surface area (Å²) in [6.45, 7) is 2.68. The quantitative estimate of drug-likeness (QED) is 0.218. The summed E-state index contributed by atoms with van der Waals surface area (Å²) in [6, 6.07) is 28.2. The maximum Gasteiger partial charge on any atom is 0.225 e. The van der Waals surface area contributed by atoms with Crippen molar-refractivity contribution in [1.29, 1.82) is 0 Å². The van der Waals surface area contributed by atoms with Crippen LogP contribution in [0.4, 0.5) is 5.82 Å². The standard InChI is InChI=1S/C32H35N3O4/c1-36-32(37-2)26-17-19-35(20-18-26)29-15-13-27(21-33-29)28-14-16-30(38-22-24-9-5-3-6-10-24)34-31(28)39-23-25-11-7-4-8-12-25/h3-16,21,26,32H,17-20,22-23H2,1-2H3. The van der Waals surface area contributed by atoms with Gasteiger partial charge in [-0.1, -0.05) is 60.7 Å². The monoisotopic (exact) mass is 525 g/mol. The van der Waals surface area contributed by atoms with E-state index in [4.69, 9.17) is 28.9 Å². The van der Waals surface area contributed by atoms with E-state index in [2.05, 4.69) is 17.0 Å². The third-order valence-corrected chi connectivity index (χ3v) is 7.05. The van der Waals surface area contributed by atoms with E-state index in [0.717, 1.165) is 54.0 Å². The first-order chi connectivity index (χ1) is 19.2. The molecule has 4 aromatic rings. The molecule has 0 amide bonds. The van der Waals surface area contributed by atoms with Crippen LogP contribution in [0.3, 0.4) is 0 Å². The van der Waals surface area contributed by atoms with Crippen LogP contribution in [0, 0.1) is 5.92 Å². The summed E-state index contributed by atoms with van der Waals surface area (Å²) in [6.07, 6.45) is 3.75. The molecule has 7 nitrogen and oxygen atoms in total. The van der Waals surface area contributed by atoms with Gasteiger partial charge in [-0.05, 0) is 42.2 Å². The number of aromatic nitrogens is 2. The molecule has 0 unspecified atom stereocenters. The Hall–Kier alpha value is -3.94. The molecule has 1 fully saturated rings. The number of pyridine rings is 2. The minimum atomic E-state index is -0.149. The molecule has 2 aromatic carbocycles. The molecule has 0 N–H and O–H groups in total. The Morgan fingerprint density at radius 1 is 0.769 bits per heavy atom. The summed E-state index contributed by atoms with van der Waals surface area (Å²) in [5, 5.41) is 0. The van der Waals surface area contributed by atoms with Crippen LogP contribution >= 0.6 is 0 Å². The topological polar surface area (TPSA) is 65.9 Å². The minimum absolute atomic E-state index is 0.149. The highest BCUT2D eigenvalue weighted by Crippen LogP contribution is 2.33. The molecule has 1 saturated heterocycles. The second kappa shape index (κ2) is 13.2. The van der Waals surface area contributed by atoms with Gasteiger partial charge in [-0.25, -0.2) is 4.98 Å². The van der Waals surface area contributed by atoms with Crippen molar-refractivity contribution in [3.05, 3.63) is 102 Å². The van der Waals surface area contributed by atoms with Gasteiger partial charge in [-0.2, -0.15) is 4.98 Å². The summed E-state index contributed by atoms with van der Waals surface area (Å²) in [4.78, 5) is 11.8. The summed E-state index contributed by atoms with van der Waals surface area (Å²) >= 11 is 0. The van der Waals surface area contributed by atoms with Gasteiger partial charge < -0.3 is 23.8 Å². The Bertz CT molecular complexity index is 1290. The number of ether oxygens (including phenoxy) is 4. The lowest BCUT2D eigenvalue weighted by Gasteiger charge is -2.35.